The first-order valence-electron chi connectivity index (χ1n) is 10.7. The number of para-hydroxylation sites is 1. The van der Waals surface area contributed by atoms with Crippen LogP contribution in [0.3, 0.4) is 0 Å². The van der Waals surface area contributed by atoms with E-state index in [4.69, 9.17) is 9.97 Å². The highest BCUT2D eigenvalue weighted by Crippen LogP contribution is 2.28. The molecule has 0 radical (unpaired) electrons. The van der Waals surface area contributed by atoms with Crippen molar-refractivity contribution in [3.05, 3.63) is 102 Å². The van der Waals surface area contributed by atoms with Crippen LogP contribution < -0.4 is 10.6 Å². The first-order valence-corrected chi connectivity index (χ1v) is 10.7. The average Bonchev–Trinajstić information content (AvgIpc) is 3.26. The Labute approximate surface area is 191 Å². The maximum atomic E-state index is 13.2. The summed E-state index contributed by atoms with van der Waals surface area (Å²) in [5, 5.41) is 12.1. The lowest BCUT2D eigenvalue weighted by Gasteiger charge is -2.12. The molecule has 2 N–H and O–H groups in total. The molecule has 0 aliphatic rings. The van der Waals surface area contributed by atoms with E-state index in [9.17, 15) is 4.39 Å². The Balaban J connectivity index is 1.55. The third kappa shape index (κ3) is 4.39. The molecule has 0 atom stereocenters. The summed E-state index contributed by atoms with van der Waals surface area (Å²) < 4.78 is 15.0. The number of anilines is 3. The van der Waals surface area contributed by atoms with E-state index in [1.807, 2.05) is 36.4 Å². The van der Waals surface area contributed by atoms with Gasteiger partial charge in [-0.3, -0.25) is 0 Å². The molecular formula is C26H23FN6. The number of rotatable bonds is 6. The van der Waals surface area contributed by atoms with E-state index in [1.54, 1.807) is 23.0 Å². The Kier molecular flexibility index (Phi) is 5.44. The fourth-order valence-corrected chi connectivity index (χ4v) is 3.58. The minimum Gasteiger partial charge on any atom is -0.350 e. The van der Waals surface area contributed by atoms with E-state index in [2.05, 4.69) is 41.7 Å². The Morgan fingerprint density at radius 3 is 2.42 bits per heavy atom. The number of nitrogens with zero attached hydrogens (tertiary/aromatic N) is 4. The van der Waals surface area contributed by atoms with E-state index in [1.165, 1.54) is 23.3 Å². The predicted octanol–water partition coefficient (Wildman–Crippen LogP) is 5.93. The summed E-state index contributed by atoms with van der Waals surface area (Å²) in [5.41, 5.74) is 5.89. The summed E-state index contributed by atoms with van der Waals surface area (Å²) in [7, 11) is 0. The Bertz CT molecular complexity index is 1410. The number of hydrogen-bond donors (Lipinski definition) is 2. The van der Waals surface area contributed by atoms with Crippen LogP contribution in [0.25, 0.3) is 16.7 Å². The second-order valence-corrected chi connectivity index (χ2v) is 7.93. The fraction of sp³-hybridized carbons (Fsp3) is 0.115. The van der Waals surface area contributed by atoms with Crippen molar-refractivity contribution in [3.8, 4) is 5.69 Å². The number of benzene rings is 3. The van der Waals surface area contributed by atoms with Crippen LogP contribution in [0.2, 0.25) is 0 Å². The molecule has 0 unspecified atom stereocenters. The van der Waals surface area contributed by atoms with Gasteiger partial charge < -0.3 is 10.6 Å². The second kappa shape index (κ2) is 8.70. The second-order valence-electron chi connectivity index (χ2n) is 7.93. The Morgan fingerprint density at radius 1 is 0.879 bits per heavy atom. The molecule has 0 aliphatic heterocycles. The fourth-order valence-electron chi connectivity index (χ4n) is 3.58. The van der Waals surface area contributed by atoms with Gasteiger partial charge in [0.15, 0.2) is 5.65 Å². The molecule has 0 saturated heterocycles. The zero-order valence-corrected chi connectivity index (χ0v) is 18.4. The molecule has 2 heterocycles. The molecule has 33 heavy (non-hydrogen) atoms. The number of nitrogens with one attached hydrogen (secondary N) is 2. The summed E-state index contributed by atoms with van der Waals surface area (Å²) >= 11 is 0. The maximum absolute atomic E-state index is 13.2. The van der Waals surface area contributed by atoms with Gasteiger partial charge in [-0.1, -0.05) is 36.4 Å². The minimum atomic E-state index is -0.261. The minimum absolute atomic E-state index is 0.261. The predicted molar refractivity (Wildman–Crippen MR) is 130 cm³/mol. The lowest BCUT2D eigenvalue weighted by Crippen LogP contribution is -2.07. The monoisotopic (exact) mass is 438 g/mol. The first-order chi connectivity index (χ1) is 16.1. The zero-order valence-electron chi connectivity index (χ0n) is 18.4. The van der Waals surface area contributed by atoms with Gasteiger partial charge in [-0.05, 0) is 66.9 Å². The van der Waals surface area contributed by atoms with Gasteiger partial charge in [-0.2, -0.15) is 15.1 Å². The van der Waals surface area contributed by atoms with Crippen LogP contribution in [0, 0.1) is 19.7 Å². The normalized spacial score (nSPS) is 11.0. The summed E-state index contributed by atoms with van der Waals surface area (Å²) in [4.78, 5) is 9.47. The number of aromatic nitrogens is 4. The molecule has 2 aromatic heterocycles. The topological polar surface area (TPSA) is 67.7 Å². The number of hydrogen-bond acceptors (Lipinski definition) is 5. The molecule has 0 spiro atoms. The van der Waals surface area contributed by atoms with Crippen molar-refractivity contribution in [2.75, 3.05) is 10.6 Å². The molecule has 0 fully saturated rings. The number of fused-ring (bicyclic) bond motifs is 1. The Hall–Kier alpha value is -4.26. The molecule has 0 aliphatic carbocycles. The van der Waals surface area contributed by atoms with Gasteiger partial charge in [0.25, 0.3) is 0 Å². The van der Waals surface area contributed by atoms with E-state index in [0.29, 0.717) is 24.0 Å². The van der Waals surface area contributed by atoms with Crippen molar-refractivity contribution < 1.29 is 4.39 Å². The summed E-state index contributed by atoms with van der Waals surface area (Å²) in [5.74, 6) is 0.853. The smallest absolute Gasteiger partial charge is 0.227 e. The SMILES string of the molecule is Cc1ccc(Nc2nc(NCc3ccc(F)cc3)nc3c2cnn3-c2ccccc2)cc1C. The first kappa shape index (κ1) is 20.6. The van der Waals surface area contributed by atoms with Gasteiger partial charge in [-0.25, -0.2) is 9.07 Å². The number of aryl methyl sites for hydroxylation is 2. The third-order valence-electron chi connectivity index (χ3n) is 5.56. The summed E-state index contributed by atoms with van der Waals surface area (Å²) in [6.45, 7) is 4.64. The molecule has 5 rings (SSSR count). The summed E-state index contributed by atoms with van der Waals surface area (Å²) in [6.07, 6.45) is 1.77. The average molecular weight is 439 g/mol. The molecule has 5 aromatic rings. The highest BCUT2D eigenvalue weighted by atomic mass is 19.1. The van der Waals surface area contributed by atoms with Gasteiger partial charge in [-0.15, -0.1) is 0 Å². The molecule has 164 valence electrons. The van der Waals surface area contributed by atoms with Crippen molar-refractivity contribution in [1.82, 2.24) is 19.7 Å². The van der Waals surface area contributed by atoms with E-state index >= 15 is 0 Å². The molecule has 0 bridgehead atoms. The number of halogens is 1. The largest absolute Gasteiger partial charge is 0.350 e. The van der Waals surface area contributed by atoms with Crippen LogP contribution in [0.4, 0.5) is 21.8 Å². The standard InChI is InChI=1S/C26H23FN6/c1-17-8-13-21(14-18(17)2)30-24-23-16-29-33(22-6-4-3-5-7-22)25(23)32-26(31-24)28-15-19-9-11-20(27)12-10-19/h3-14,16H,15H2,1-2H3,(H2,28,30,31,32). The summed E-state index contributed by atoms with van der Waals surface area (Å²) in [6, 6.07) is 22.4. The van der Waals surface area contributed by atoms with Crippen molar-refractivity contribution >= 4 is 28.5 Å². The van der Waals surface area contributed by atoms with Crippen LogP contribution in [-0.4, -0.2) is 19.7 Å². The van der Waals surface area contributed by atoms with Gasteiger partial charge in [0.1, 0.15) is 11.6 Å². The van der Waals surface area contributed by atoms with Crippen LogP contribution >= 0.6 is 0 Å². The lowest BCUT2D eigenvalue weighted by molar-refractivity contribution is 0.627. The van der Waals surface area contributed by atoms with Crippen molar-refractivity contribution in [2.45, 2.75) is 20.4 Å². The van der Waals surface area contributed by atoms with Gasteiger partial charge >= 0.3 is 0 Å². The Morgan fingerprint density at radius 2 is 1.67 bits per heavy atom. The quantitative estimate of drug-likeness (QED) is 0.344. The van der Waals surface area contributed by atoms with E-state index < -0.39 is 0 Å². The van der Waals surface area contributed by atoms with Crippen LogP contribution in [0.15, 0.2) is 79.0 Å². The molecule has 7 heteroatoms. The third-order valence-corrected chi connectivity index (χ3v) is 5.56. The molecule has 6 nitrogen and oxygen atoms in total. The van der Waals surface area contributed by atoms with Gasteiger partial charge in [0, 0.05) is 12.2 Å². The van der Waals surface area contributed by atoms with Crippen LogP contribution in [-0.2, 0) is 6.54 Å². The maximum Gasteiger partial charge on any atom is 0.227 e. The van der Waals surface area contributed by atoms with Gasteiger partial charge in [0.05, 0.1) is 17.3 Å². The van der Waals surface area contributed by atoms with Crippen molar-refractivity contribution in [1.29, 1.82) is 0 Å². The lowest BCUT2D eigenvalue weighted by atomic mass is 10.1. The van der Waals surface area contributed by atoms with Crippen molar-refractivity contribution in [2.24, 2.45) is 0 Å². The van der Waals surface area contributed by atoms with Crippen LogP contribution in [0.5, 0.6) is 0 Å². The van der Waals surface area contributed by atoms with E-state index in [0.717, 1.165) is 22.3 Å². The van der Waals surface area contributed by atoms with Crippen LogP contribution in [0.1, 0.15) is 16.7 Å². The molecule has 0 saturated carbocycles. The highest BCUT2D eigenvalue weighted by Gasteiger charge is 2.15. The van der Waals surface area contributed by atoms with Crippen molar-refractivity contribution in [3.63, 3.8) is 0 Å². The highest BCUT2D eigenvalue weighted by molar-refractivity contribution is 5.90. The van der Waals surface area contributed by atoms with Gasteiger partial charge in [0.2, 0.25) is 5.95 Å². The van der Waals surface area contributed by atoms with E-state index in [-0.39, 0.29) is 5.82 Å². The molecular weight excluding hydrogens is 415 g/mol. The molecule has 0 amide bonds. The zero-order chi connectivity index (χ0) is 22.8. The molecule has 3 aromatic carbocycles.